The van der Waals surface area contributed by atoms with E-state index in [4.69, 9.17) is 4.74 Å². The number of nitrogens with one attached hydrogen (secondary N) is 2. The molecule has 1 atom stereocenters. The maximum Gasteiger partial charge on any atom is 0.339 e. The third kappa shape index (κ3) is 5.54. The molecule has 0 aliphatic rings. The van der Waals surface area contributed by atoms with Crippen molar-refractivity contribution in [3.05, 3.63) is 107 Å². The first-order valence-corrected chi connectivity index (χ1v) is 9.52. The average molecular weight is 402 g/mol. The van der Waals surface area contributed by atoms with Crippen LogP contribution < -0.4 is 10.9 Å². The molecule has 3 rings (SSSR count). The molecule has 3 aromatic rings. The van der Waals surface area contributed by atoms with Gasteiger partial charge in [-0.2, -0.15) is 0 Å². The Kier molecular flexibility index (Phi) is 6.95. The standard InChI is InChI=1S/C24H22N2O4/c1-17(22(27)25-26-23(28)19-12-6-3-7-13-19)30-24(29)21-15-9-8-14-20(21)16-18-10-4-2-5-11-18/h2-15,17H,16H2,1H3,(H,25,27)(H,26,28)/t17-/m1/s1. The Morgan fingerprint density at radius 2 is 1.40 bits per heavy atom. The minimum Gasteiger partial charge on any atom is -0.449 e. The second-order valence-electron chi connectivity index (χ2n) is 6.68. The van der Waals surface area contributed by atoms with Gasteiger partial charge in [-0.1, -0.05) is 66.7 Å². The summed E-state index contributed by atoms with van der Waals surface area (Å²) >= 11 is 0. The second kappa shape index (κ2) is 10.0. The molecule has 0 aromatic heterocycles. The van der Waals surface area contributed by atoms with Crippen LogP contribution >= 0.6 is 0 Å². The van der Waals surface area contributed by atoms with Gasteiger partial charge in [0.15, 0.2) is 6.10 Å². The zero-order valence-electron chi connectivity index (χ0n) is 16.5. The van der Waals surface area contributed by atoms with Crippen molar-refractivity contribution in [1.82, 2.24) is 10.9 Å². The second-order valence-corrected chi connectivity index (χ2v) is 6.68. The SMILES string of the molecule is C[C@@H](OC(=O)c1ccccc1Cc1ccccc1)C(=O)NNC(=O)c1ccccc1. The van der Waals surface area contributed by atoms with Crippen molar-refractivity contribution in [2.75, 3.05) is 0 Å². The molecule has 0 saturated heterocycles. The van der Waals surface area contributed by atoms with Crippen LogP contribution in [0.1, 0.15) is 38.8 Å². The summed E-state index contributed by atoms with van der Waals surface area (Å²) in [7, 11) is 0. The molecule has 0 fully saturated rings. The van der Waals surface area contributed by atoms with E-state index in [0.717, 1.165) is 11.1 Å². The molecule has 0 spiro atoms. The molecule has 30 heavy (non-hydrogen) atoms. The number of carbonyl (C=O) groups is 3. The molecule has 0 heterocycles. The molecule has 0 aliphatic carbocycles. The van der Waals surface area contributed by atoms with Crippen LogP contribution in [0.15, 0.2) is 84.9 Å². The van der Waals surface area contributed by atoms with Crippen LogP contribution in [-0.2, 0) is 16.0 Å². The zero-order chi connectivity index (χ0) is 21.3. The summed E-state index contributed by atoms with van der Waals surface area (Å²) in [6.07, 6.45) is -0.516. The van der Waals surface area contributed by atoms with Gasteiger partial charge in [-0.15, -0.1) is 0 Å². The molecule has 0 radical (unpaired) electrons. The van der Waals surface area contributed by atoms with E-state index in [2.05, 4.69) is 10.9 Å². The predicted octanol–water partition coefficient (Wildman–Crippen LogP) is 3.28. The molecular weight excluding hydrogens is 380 g/mol. The third-order valence-corrected chi connectivity index (χ3v) is 4.46. The van der Waals surface area contributed by atoms with Crippen molar-refractivity contribution in [3.8, 4) is 0 Å². The summed E-state index contributed by atoms with van der Waals surface area (Å²) in [5.74, 6) is -1.69. The van der Waals surface area contributed by atoms with E-state index < -0.39 is 23.9 Å². The number of hydrogen-bond donors (Lipinski definition) is 2. The number of benzene rings is 3. The largest absolute Gasteiger partial charge is 0.449 e. The van der Waals surface area contributed by atoms with E-state index in [9.17, 15) is 14.4 Å². The number of amides is 2. The molecule has 0 unspecified atom stereocenters. The van der Waals surface area contributed by atoms with Gasteiger partial charge in [-0.3, -0.25) is 20.4 Å². The molecule has 6 nitrogen and oxygen atoms in total. The number of hydrazine groups is 1. The van der Waals surface area contributed by atoms with Gasteiger partial charge in [-0.25, -0.2) is 4.79 Å². The van der Waals surface area contributed by atoms with E-state index >= 15 is 0 Å². The summed E-state index contributed by atoms with van der Waals surface area (Å²) in [4.78, 5) is 36.9. The number of carbonyl (C=O) groups excluding carboxylic acids is 3. The van der Waals surface area contributed by atoms with Gasteiger partial charge in [0.2, 0.25) is 0 Å². The van der Waals surface area contributed by atoms with Crippen LogP contribution in [0.2, 0.25) is 0 Å². The molecule has 0 aliphatic heterocycles. The maximum atomic E-state index is 12.6. The minimum atomic E-state index is -1.08. The molecule has 2 N–H and O–H groups in total. The van der Waals surface area contributed by atoms with E-state index in [1.165, 1.54) is 6.92 Å². The van der Waals surface area contributed by atoms with Crippen molar-refractivity contribution in [2.45, 2.75) is 19.4 Å². The van der Waals surface area contributed by atoms with Crippen LogP contribution in [0.4, 0.5) is 0 Å². The van der Waals surface area contributed by atoms with Gasteiger partial charge < -0.3 is 4.74 Å². The molecule has 152 valence electrons. The highest BCUT2D eigenvalue weighted by Crippen LogP contribution is 2.16. The number of rotatable bonds is 6. The lowest BCUT2D eigenvalue weighted by Crippen LogP contribution is -2.46. The van der Waals surface area contributed by atoms with Crippen molar-refractivity contribution in [2.24, 2.45) is 0 Å². The Morgan fingerprint density at radius 1 is 0.800 bits per heavy atom. The minimum absolute atomic E-state index is 0.398. The van der Waals surface area contributed by atoms with Gasteiger partial charge >= 0.3 is 5.97 Å². The maximum absolute atomic E-state index is 12.6. The summed E-state index contributed by atoms with van der Waals surface area (Å²) in [5, 5.41) is 0. The Bertz CT molecular complexity index is 1020. The van der Waals surface area contributed by atoms with Crippen LogP contribution in [0, 0.1) is 0 Å². The van der Waals surface area contributed by atoms with Crippen molar-refractivity contribution < 1.29 is 19.1 Å². The smallest absolute Gasteiger partial charge is 0.339 e. The highest BCUT2D eigenvalue weighted by Gasteiger charge is 2.21. The van der Waals surface area contributed by atoms with Crippen LogP contribution in [0.5, 0.6) is 0 Å². The van der Waals surface area contributed by atoms with Crippen molar-refractivity contribution in [1.29, 1.82) is 0 Å². The number of esters is 1. The first kappa shape index (κ1) is 20.8. The van der Waals surface area contributed by atoms with Gasteiger partial charge in [0.25, 0.3) is 11.8 Å². The van der Waals surface area contributed by atoms with E-state index in [1.54, 1.807) is 42.5 Å². The lowest BCUT2D eigenvalue weighted by molar-refractivity contribution is -0.129. The monoisotopic (exact) mass is 402 g/mol. The fourth-order valence-electron chi connectivity index (χ4n) is 2.85. The van der Waals surface area contributed by atoms with Gasteiger partial charge in [0.05, 0.1) is 5.56 Å². The molecule has 0 saturated carbocycles. The van der Waals surface area contributed by atoms with Crippen LogP contribution in [0.25, 0.3) is 0 Å². The Balaban J connectivity index is 1.59. The number of hydrogen-bond acceptors (Lipinski definition) is 4. The van der Waals surface area contributed by atoms with Crippen LogP contribution in [-0.4, -0.2) is 23.9 Å². The highest BCUT2D eigenvalue weighted by atomic mass is 16.5. The van der Waals surface area contributed by atoms with Gasteiger partial charge in [-0.05, 0) is 42.7 Å². The normalized spacial score (nSPS) is 11.2. The highest BCUT2D eigenvalue weighted by molar-refractivity contribution is 5.96. The third-order valence-electron chi connectivity index (χ3n) is 4.46. The first-order chi connectivity index (χ1) is 14.5. The van der Waals surface area contributed by atoms with Gasteiger partial charge in [0, 0.05) is 5.56 Å². The summed E-state index contributed by atoms with van der Waals surface area (Å²) in [5.41, 5.74) is 7.25. The van der Waals surface area contributed by atoms with E-state index in [0.29, 0.717) is 17.5 Å². The predicted molar refractivity (Wildman–Crippen MR) is 113 cm³/mol. The Morgan fingerprint density at radius 3 is 2.10 bits per heavy atom. The summed E-state index contributed by atoms with van der Waals surface area (Å²) in [6.45, 7) is 1.45. The molecular formula is C24H22N2O4. The lowest BCUT2D eigenvalue weighted by Gasteiger charge is -2.15. The average Bonchev–Trinajstić information content (AvgIpc) is 2.78. The molecule has 2 amide bonds. The summed E-state index contributed by atoms with van der Waals surface area (Å²) < 4.78 is 5.31. The van der Waals surface area contributed by atoms with Gasteiger partial charge in [0.1, 0.15) is 0 Å². The lowest BCUT2D eigenvalue weighted by atomic mass is 10.00. The van der Waals surface area contributed by atoms with Crippen molar-refractivity contribution in [3.63, 3.8) is 0 Å². The first-order valence-electron chi connectivity index (χ1n) is 9.52. The molecule has 0 bridgehead atoms. The quantitative estimate of drug-likeness (QED) is 0.490. The van der Waals surface area contributed by atoms with E-state index in [1.807, 2.05) is 42.5 Å². The fourth-order valence-corrected chi connectivity index (χ4v) is 2.85. The zero-order valence-corrected chi connectivity index (χ0v) is 16.5. The molecule has 3 aromatic carbocycles. The van der Waals surface area contributed by atoms with Crippen molar-refractivity contribution >= 4 is 17.8 Å². The van der Waals surface area contributed by atoms with Crippen LogP contribution in [0.3, 0.4) is 0 Å². The summed E-state index contributed by atoms with van der Waals surface area (Å²) in [6, 6.07) is 25.3. The molecule has 6 heteroatoms. The van der Waals surface area contributed by atoms with E-state index in [-0.39, 0.29) is 0 Å². The Labute approximate surface area is 174 Å². The Hall–Kier alpha value is -3.93. The fraction of sp³-hybridized carbons (Fsp3) is 0.125. The number of ether oxygens (including phenoxy) is 1. The topological polar surface area (TPSA) is 84.5 Å².